The number of likely N-dealkylation sites (tertiary alicyclic amines) is 2. The summed E-state index contributed by atoms with van der Waals surface area (Å²) in [4.78, 5) is 21.0. The molecule has 1 amide bonds. The maximum atomic E-state index is 13.0. The van der Waals surface area contributed by atoms with Crippen LogP contribution in [0.15, 0.2) is 24.3 Å². The number of H-pyrrole nitrogens is 1. The SMILES string of the molecule is CN1CC2(C1)CN(C(=O)C1CCCc3c1[nH]c1ccccc31)C2. The van der Waals surface area contributed by atoms with Crippen molar-refractivity contribution in [1.29, 1.82) is 0 Å². The molecule has 1 aromatic carbocycles. The number of hydrogen-bond donors (Lipinski definition) is 1. The van der Waals surface area contributed by atoms with Crippen LogP contribution >= 0.6 is 0 Å². The summed E-state index contributed by atoms with van der Waals surface area (Å²) >= 11 is 0. The molecule has 2 aliphatic heterocycles. The van der Waals surface area contributed by atoms with E-state index in [9.17, 15) is 4.79 Å². The summed E-state index contributed by atoms with van der Waals surface area (Å²) in [6.45, 7) is 4.22. The molecule has 4 nitrogen and oxygen atoms in total. The third kappa shape index (κ3) is 1.91. The summed E-state index contributed by atoms with van der Waals surface area (Å²) in [7, 11) is 2.16. The number of rotatable bonds is 1. The number of amides is 1. The standard InChI is InChI=1S/C19H23N3O/c1-21-9-19(10-21)11-22(12-19)18(23)15-7-4-6-14-13-5-2-3-8-16(13)20-17(14)15/h2-3,5,8,15,20H,4,6-7,9-12H2,1H3. The molecule has 3 heterocycles. The molecule has 1 atom stereocenters. The zero-order valence-corrected chi connectivity index (χ0v) is 13.6. The highest BCUT2D eigenvalue weighted by Crippen LogP contribution is 2.42. The zero-order chi connectivity index (χ0) is 15.6. The van der Waals surface area contributed by atoms with Gasteiger partial charge in [0.05, 0.1) is 5.92 Å². The van der Waals surface area contributed by atoms with Gasteiger partial charge in [0.1, 0.15) is 0 Å². The van der Waals surface area contributed by atoms with Crippen LogP contribution < -0.4 is 0 Å². The van der Waals surface area contributed by atoms with Crippen LogP contribution in [0, 0.1) is 5.41 Å². The molecule has 1 aromatic heterocycles. The summed E-state index contributed by atoms with van der Waals surface area (Å²) in [5.74, 6) is 0.388. The molecular weight excluding hydrogens is 286 g/mol. The van der Waals surface area contributed by atoms with Gasteiger partial charge in [0.2, 0.25) is 5.91 Å². The van der Waals surface area contributed by atoms with Gasteiger partial charge in [-0.1, -0.05) is 18.2 Å². The van der Waals surface area contributed by atoms with Crippen molar-refractivity contribution in [3.63, 3.8) is 0 Å². The molecule has 2 saturated heterocycles. The molecule has 0 bridgehead atoms. The minimum atomic E-state index is 0.0429. The quantitative estimate of drug-likeness (QED) is 0.878. The van der Waals surface area contributed by atoms with Gasteiger partial charge in [-0.15, -0.1) is 0 Å². The van der Waals surface area contributed by atoms with E-state index in [0.29, 0.717) is 11.3 Å². The van der Waals surface area contributed by atoms with E-state index in [2.05, 4.69) is 46.1 Å². The molecular formula is C19H23N3O. The number of aromatic nitrogens is 1. The molecule has 0 radical (unpaired) electrons. The van der Waals surface area contributed by atoms with Crippen LogP contribution in [-0.4, -0.2) is 53.9 Å². The van der Waals surface area contributed by atoms with Crippen molar-refractivity contribution in [3.05, 3.63) is 35.5 Å². The molecule has 1 spiro atoms. The Bertz CT molecular complexity index is 779. The van der Waals surface area contributed by atoms with Crippen molar-refractivity contribution < 1.29 is 4.79 Å². The smallest absolute Gasteiger partial charge is 0.231 e. The van der Waals surface area contributed by atoms with Crippen molar-refractivity contribution >= 4 is 16.8 Å². The second-order valence-electron chi connectivity index (χ2n) is 7.87. The number of para-hydroxylation sites is 1. The molecule has 3 aliphatic rings. The van der Waals surface area contributed by atoms with Crippen LogP contribution in [0.1, 0.15) is 30.0 Å². The molecule has 1 aliphatic carbocycles. The molecule has 2 fully saturated rings. The second-order valence-corrected chi connectivity index (χ2v) is 7.87. The van der Waals surface area contributed by atoms with E-state index < -0.39 is 0 Å². The Balaban J connectivity index is 1.41. The lowest BCUT2D eigenvalue weighted by molar-refractivity contribution is -0.158. The molecule has 1 N–H and O–H groups in total. The highest BCUT2D eigenvalue weighted by atomic mass is 16.2. The van der Waals surface area contributed by atoms with Gasteiger partial charge in [-0.05, 0) is 37.9 Å². The number of benzene rings is 1. The topological polar surface area (TPSA) is 39.3 Å². The average Bonchev–Trinajstić information content (AvgIpc) is 2.87. The van der Waals surface area contributed by atoms with Crippen molar-refractivity contribution in [3.8, 4) is 0 Å². The Morgan fingerprint density at radius 3 is 2.78 bits per heavy atom. The Kier molecular flexibility index (Phi) is 2.72. The van der Waals surface area contributed by atoms with Crippen LogP contribution in [-0.2, 0) is 11.2 Å². The summed E-state index contributed by atoms with van der Waals surface area (Å²) in [6.07, 6.45) is 3.20. The molecule has 4 heteroatoms. The lowest BCUT2D eigenvalue weighted by atomic mass is 9.72. The Hall–Kier alpha value is -1.81. The van der Waals surface area contributed by atoms with Crippen LogP contribution in [0.3, 0.4) is 0 Å². The van der Waals surface area contributed by atoms with Gasteiger partial charge >= 0.3 is 0 Å². The number of fused-ring (bicyclic) bond motifs is 3. The van der Waals surface area contributed by atoms with E-state index in [0.717, 1.165) is 45.4 Å². The van der Waals surface area contributed by atoms with Gasteiger partial charge in [-0.2, -0.15) is 0 Å². The Labute approximate surface area is 136 Å². The third-order valence-electron chi connectivity index (χ3n) is 5.99. The molecule has 120 valence electrons. The fourth-order valence-electron chi connectivity index (χ4n) is 5.10. The van der Waals surface area contributed by atoms with Crippen LogP contribution in [0.25, 0.3) is 10.9 Å². The number of hydrogen-bond acceptors (Lipinski definition) is 2. The minimum absolute atomic E-state index is 0.0429. The number of nitrogens with zero attached hydrogens (tertiary/aromatic N) is 2. The van der Waals surface area contributed by atoms with E-state index in [1.165, 1.54) is 22.2 Å². The third-order valence-corrected chi connectivity index (χ3v) is 5.99. The number of aromatic amines is 1. The number of carbonyl (C=O) groups is 1. The highest BCUT2D eigenvalue weighted by Gasteiger charge is 2.52. The molecule has 5 rings (SSSR count). The first kappa shape index (κ1) is 13.6. The van der Waals surface area contributed by atoms with Crippen molar-refractivity contribution in [2.24, 2.45) is 5.41 Å². The maximum absolute atomic E-state index is 13.0. The first-order chi connectivity index (χ1) is 11.2. The highest BCUT2D eigenvalue weighted by molar-refractivity contribution is 5.90. The van der Waals surface area contributed by atoms with E-state index in [1.807, 2.05) is 0 Å². The van der Waals surface area contributed by atoms with Gasteiger partial charge in [0.15, 0.2) is 0 Å². The Morgan fingerprint density at radius 1 is 1.22 bits per heavy atom. The minimum Gasteiger partial charge on any atom is -0.357 e. The van der Waals surface area contributed by atoms with Crippen molar-refractivity contribution in [1.82, 2.24) is 14.8 Å². The van der Waals surface area contributed by atoms with Gasteiger partial charge in [-0.3, -0.25) is 4.79 Å². The normalized spacial score (nSPS) is 26.0. The van der Waals surface area contributed by atoms with Gasteiger partial charge in [0, 0.05) is 48.2 Å². The monoisotopic (exact) mass is 309 g/mol. The van der Waals surface area contributed by atoms with E-state index in [-0.39, 0.29) is 5.92 Å². The fourth-order valence-corrected chi connectivity index (χ4v) is 5.10. The van der Waals surface area contributed by atoms with Gasteiger partial charge in [-0.25, -0.2) is 0 Å². The predicted octanol–water partition coefficient (Wildman–Crippen LogP) is 2.36. The van der Waals surface area contributed by atoms with Crippen LogP contribution in [0.2, 0.25) is 0 Å². The summed E-state index contributed by atoms with van der Waals surface area (Å²) in [5, 5.41) is 1.31. The summed E-state index contributed by atoms with van der Waals surface area (Å²) in [5.41, 5.74) is 4.17. The first-order valence-corrected chi connectivity index (χ1v) is 8.72. The first-order valence-electron chi connectivity index (χ1n) is 8.72. The van der Waals surface area contributed by atoms with Crippen LogP contribution in [0.4, 0.5) is 0 Å². The summed E-state index contributed by atoms with van der Waals surface area (Å²) in [6, 6.07) is 8.46. The Morgan fingerprint density at radius 2 is 2.00 bits per heavy atom. The van der Waals surface area contributed by atoms with Crippen molar-refractivity contribution in [2.75, 3.05) is 33.2 Å². The zero-order valence-electron chi connectivity index (χ0n) is 13.6. The van der Waals surface area contributed by atoms with Gasteiger partial charge < -0.3 is 14.8 Å². The predicted molar refractivity (Wildman–Crippen MR) is 90.5 cm³/mol. The fraction of sp³-hybridized carbons (Fsp3) is 0.526. The largest absolute Gasteiger partial charge is 0.357 e. The molecule has 23 heavy (non-hydrogen) atoms. The number of aryl methyl sites for hydroxylation is 1. The number of nitrogens with one attached hydrogen (secondary N) is 1. The number of carbonyl (C=O) groups excluding carboxylic acids is 1. The molecule has 0 saturated carbocycles. The maximum Gasteiger partial charge on any atom is 0.231 e. The van der Waals surface area contributed by atoms with Crippen LogP contribution in [0.5, 0.6) is 0 Å². The summed E-state index contributed by atoms with van der Waals surface area (Å²) < 4.78 is 0. The second kappa shape index (κ2) is 4.60. The van der Waals surface area contributed by atoms with Gasteiger partial charge in [0.25, 0.3) is 0 Å². The van der Waals surface area contributed by atoms with E-state index in [4.69, 9.17) is 0 Å². The molecule has 2 aromatic rings. The lowest BCUT2D eigenvalue weighted by Crippen LogP contribution is -2.72. The molecule has 1 unspecified atom stereocenters. The van der Waals surface area contributed by atoms with Crippen molar-refractivity contribution in [2.45, 2.75) is 25.2 Å². The van der Waals surface area contributed by atoms with E-state index in [1.54, 1.807) is 0 Å². The lowest BCUT2D eigenvalue weighted by Gasteiger charge is -2.60. The van der Waals surface area contributed by atoms with E-state index >= 15 is 0 Å². The average molecular weight is 309 g/mol.